The van der Waals surface area contributed by atoms with E-state index in [1.54, 1.807) is 12.1 Å². The summed E-state index contributed by atoms with van der Waals surface area (Å²) in [6.07, 6.45) is 0. The van der Waals surface area contributed by atoms with E-state index in [2.05, 4.69) is 19.9 Å². The van der Waals surface area contributed by atoms with Crippen molar-refractivity contribution in [2.24, 2.45) is 0 Å². The van der Waals surface area contributed by atoms with Crippen LogP contribution in [0.3, 0.4) is 0 Å². The van der Waals surface area contributed by atoms with Gasteiger partial charge in [0.2, 0.25) is 0 Å². The van der Waals surface area contributed by atoms with Gasteiger partial charge in [-0.15, -0.1) is 0 Å². The molecule has 0 aliphatic carbocycles. The monoisotopic (exact) mass is 274 g/mol. The molecular weight excluding hydrogens is 264 g/mol. The number of phenolic OH excluding ortho intramolecular Hbond substituents is 1. The van der Waals surface area contributed by atoms with Crippen LogP contribution in [0, 0.1) is 0 Å². The van der Waals surface area contributed by atoms with Gasteiger partial charge >= 0.3 is 5.69 Å². The van der Waals surface area contributed by atoms with E-state index in [1.165, 1.54) is 13.2 Å². The fourth-order valence-electron chi connectivity index (χ4n) is 1.89. The number of fused-ring (bicyclic) bond motifs is 1. The number of imidazole rings is 1. The molecule has 0 spiro atoms. The number of aromatic hydroxyl groups is 1. The summed E-state index contributed by atoms with van der Waals surface area (Å²) in [7, 11) is 1.50. The molecule has 0 saturated heterocycles. The molecule has 1 aromatic carbocycles. The number of ether oxygens (including phenoxy) is 1. The lowest BCUT2D eigenvalue weighted by Gasteiger charge is -2.04. The Morgan fingerprint density at radius 3 is 2.75 bits per heavy atom. The Morgan fingerprint density at radius 2 is 2.00 bits per heavy atom. The van der Waals surface area contributed by atoms with Crippen LogP contribution in [0.1, 0.15) is 0 Å². The predicted molar refractivity (Wildman–Crippen MR) is 71.0 cm³/mol. The van der Waals surface area contributed by atoms with Crippen molar-refractivity contribution >= 4 is 11.2 Å². The summed E-state index contributed by atoms with van der Waals surface area (Å²) in [5.41, 5.74) is -0.612. The molecule has 2 heterocycles. The highest BCUT2D eigenvalue weighted by molar-refractivity contribution is 5.77. The first-order chi connectivity index (χ1) is 9.58. The van der Waals surface area contributed by atoms with Crippen LogP contribution < -0.4 is 16.0 Å². The maximum Gasteiger partial charge on any atom is 0.327 e. The molecule has 0 atom stereocenters. The number of phenols is 1. The van der Waals surface area contributed by atoms with Crippen molar-refractivity contribution in [3.63, 3.8) is 0 Å². The van der Waals surface area contributed by atoms with Crippen molar-refractivity contribution in [2.45, 2.75) is 0 Å². The summed E-state index contributed by atoms with van der Waals surface area (Å²) in [5, 5.41) is 9.86. The summed E-state index contributed by atoms with van der Waals surface area (Å²) < 4.78 is 5.07. The standard InChI is InChI=1S/C12H10N4O4/c1-20-5-2-3-7(17)6(4-5)9-13-8-10(14-9)15-12(19)16-11(8)18/h2-4,17H,1H3,(H3,13,14,15,16,18,19). The first kappa shape index (κ1) is 12.0. The molecule has 0 bridgehead atoms. The highest BCUT2D eigenvalue weighted by Gasteiger charge is 2.13. The third-order valence-electron chi connectivity index (χ3n) is 2.85. The predicted octanol–water partition coefficient (Wildman–Crippen LogP) is 0.321. The van der Waals surface area contributed by atoms with E-state index < -0.39 is 11.2 Å². The van der Waals surface area contributed by atoms with Crippen LogP contribution in [0.25, 0.3) is 22.6 Å². The molecule has 0 fully saturated rings. The van der Waals surface area contributed by atoms with E-state index in [0.717, 1.165) is 0 Å². The van der Waals surface area contributed by atoms with E-state index in [-0.39, 0.29) is 22.7 Å². The first-order valence-electron chi connectivity index (χ1n) is 5.68. The fourth-order valence-corrected chi connectivity index (χ4v) is 1.89. The molecule has 0 saturated carbocycles. The van der Waals surface area contributed by atoms with Crippen LogP contribution >= 0.6 is 0 Å². The van der Waals surface area contributed by atoms with Crippen LogP contribution in [0.15, 0.2) is 27.8 Å². The Hall–Kier alpha value is -3.03. The van der Waals surface area contributed by atoms with E-state index >= 15 is 0 Å². The second kappa shape index (κ2) is 4.26. The second-order valence-electron chi connectivity index (χ2n) is 4.10. The number of hydrogen-bond acceptors (Lipinski definition) is 5. The Bertz CT molecular complexity index is 906. The van der Waals surface area contributed by atoms with E-state index in [4.69, 9.17) is 4.74 Å². The van der Waals surface area contributed by atoms with E-state index in [9.17, 15) is 14.7 Å². The maximum absolute atomic E-state index is 11.6. The van der Waals surface area contributed by atoms with Gasteiger partial charge in [-0.3, -0.25) is 14.8 Å². The molecule has 0 unspecified atom stereocenters. The van der Waals surface area contributed by atoms with Crippen LogP contribution in [0.5, 0.6) is 11.5 Å². The van der Waals surface area contributed by atoms with E-state index in [0.29, 0.717) is 11.3 Å². The highest BCUT2D eigenvalue weighted by atomic mass is 16.5. The molecule has 8 nitrogen and oxygen atoms in total. The van der Waals surface area contributed by atoms with Crippen molar-refractivity contribution in [1.82, 2.24) is 19.9 Å². The van der Waals surface area contributed by atoms with Crippen molar-refractivity contribution in [2.75, 3.05) is 7.11 Å². The van der Waals surface area contributed by atoms with Crippen LogP contribution in [-0.4, -0.2) is 32.2 Å². The molecule has 0 amide bonds. The molecule has 2 aromatic heterocycles. The van der Waals surface area contributed by atoms with Gasteiger partial charge in [0.1, 0.15) is 22.8 Å². The number of H-pyrrole nitrogens is 3. The summed E-state index contributed by atoms with van der Waals surface area (Å²) in [5.74, 6) is 0.757. The number of rotatable bonds is 2. The molecule has 102 valence electrons. The number of aromatic amines is 3. The molecule has 0 aliphatic heterocycles. The minimum absolute atomic E-state index is 0.0244. The summed E-state index contributed by atoms with van der Waals surface area (Å²) in [6, 6.07) is 4.61. The van der Waals surface area contributed by atoms with Gasteiger partial charge in [-0.1, -0.05) is 0 Å². The summed E-state index contributed by atoms with van der Waals surface area (Å²) in [4.78, 5) is 34.1. The zero-order chi connectivity index (χ0) is 14.3. The van der Waals surface area contributed by atoms with Crippen molar-refractivity contribution in [3.8, 4) is 22.9 Å². The topological polar surface area (TPSA) is 124 Å². The minimum atomic E-state index is -0.643. The molecule has 8 heteroatoms. The van der Waals surface area contributed by atoms with Crippen molar-refractivity contribution in [3.05, 3.63) is 39.0 Å². The normalized spacial score (nSPS) is 10.8. The van der Waals surface area contributed by atoms with Gasteiger partial charge in [0.05, 0.1) is 12.7 Å². The van der Waals surface area contributed by atoms with Crippen molar-refractivity contribution in [1.29, 1.82) is 0 Å². The lowest BCUT2D eigenvalue weighted by atomic mass is 10.2. The van der Waals surface area contributed by atoms with Crippen LogP contribution in [0.4, 0.5) is 0 Å². The molecule has 0 aliphatic rings. The summed E-state index contributed by atoms with van der Waals surface area (Å²) in [6.45, 7) is 0. The van der Waals surface area contributed by atoms with Gasteiger partial charge < -0.3 is 14.8 Å². The number of nitrogens with one attached hydrogen (secondary N) is 3. The third-order valence-corrected chi connectivity index (χ3v) is 2.85. The average molecular weight is 274 g/mol. The molecule has 4 N–H and O–H groups in total. The number of nitrogens with zero attached hydrogens (tertiary/aromatic N) is 1. The molecule has 3 aromatic rings. The van der Waals surface area contributed by atoms with Gasteiger partial charge in [0.25, 0.3) is 5.56 Å². The largest absolute Gasteiger partial charge is 0.507 e. The average Bonchev–Trinajstić information content (AvgIpc) is 2.83. The maximum atomic E-state index is 11.6. The zero-order valence-electron chi connectivity index (χ0n) is 10.4. The smallest absolute Gasteiger partial charge is 0.327 e. The van der Waals surface area contributed by atoms with E-state index in [1.807, 2.05) is 0 Å². The van der Waals surface area contributed by atoms with Crippen molar-refractivity contribution < 1.29 is 9.84 Å². The molecular formula is C12H10N4O4. The fraction of sp³-hybridized carbons (Fsp3) is 0.0833. The van der Waals surface area contributed by atoms with Gasteiger partial charge in [-0.05, 0) is 18.2 Å². The minimum Gasteiger partial charge on any atom is -0.507 e. The number of benzene rings is 1. The Morgan fingerprint density at radius 1 is 1.20 bits per heavy atom. The second-order valence-corrected chi connectivity index (χ2v) is 4.10. The Balaban J connectivity index is 2.27. The van der Waals surface area contributed by atoms with Crippen LogP contribution in [-0.2, 0) is 0 Å². The number of aromatic nitrogens is 4. The van der Waals surface area contributed by atoms with Gasteiger partial charge in [0, 0.05) is 0 Å². The van der Waals surface area contributed by atoms with Gasteiger partial charge in [-0.25, -0.2) is 9.78 Å². The quantitative estimate of drug-likeness (QED) is 0.535. The Labute approximate surface area is 111 Å². The zero-order valence-corrected chi connectivity index (χ0v) is 10.4. The molecule has 20 heavy (non-hydrogen) atoms. The lowest BCUT2D eigenvalue weighted by molar-refractivity contribution is 0.412. The van der Waals surface area contributed by atoms with Crippen LogP contribution in [0.2, 0.25) is 0 Å². The SMILES string of the molecule is COc1ccc(O)c(-c2nc3[nH]c(=O)[nH]c(=O)c3[nH]2)c1. The molecule has 3 rings (SSSR count). The number of methoxy groups -OCH3 is 1. The van der Waals surface area contributed by atoms with Gasteiger partial charge in [-0.2, -0.15) is 0 Å². The lowest BCUT2D eigenvalue weighted by Crippen LogP contribution is -2.21. The molecule has 0 radical (unpaired) electrons. The third kappa shape index (κ3) is 1.83. The first-order valence-corrected chi connectivity index (χ1v) is 5.68. The number of hydrogen-bond donors (Lipinski definition) is 4. The highest BCUT2D eigenvalue weighted by Crippen LogP contribution is 2.31. The van der Waals surface area contributed by atoms with Gasteiger partial charge in [0.15, 0.2) is 5.65 Å². The summed E-state index contributed by atoms with van der Waals surface area (Å²) >= 11 is 0. The Kier molecular flexibility index (Phi) is 2.56.